The topological polar surface area (TPSA) is 100 Å². The van der Waals surface area contributed by atoms with Crippen molar-refractivity contribution in [1.29, 1.82) is 0 Å². The van der Waals surface area contributed by atoms with Crippen LogP contribution in [-0.4, -0.2) is 37.6 Å². The van der Waals surface area contributed by atoms with Crippen molar-refractivity contribution >= 4 is 28.4 Å². The van der Waals surface area contributed by atoms with E-state index in [-0.39, 0.29) is 17.9 Å². The Morgan fingerprint density at radius 2 is 2.12 bits per heavy atom. The van der Waals surface area contributed by atoms with Gasteiger partial charge in [0.2, 0.25) is 0 Å². The molecule has 1 aromatic carbocycles. The number of nitrogens with one attached hydrogen (secondary N) is 1. The van der Waals surface area contributed by atoms with Crippen molar-refractivity contribution in [2.45, 2.75) is 19.4 Å². The van der Waals surface area contributed by atoms with Crippen LogP contribution in [0.1, 0.15) is 23.2 Å². The Balaban J connectivity index is 2.01. The van der Waals surface area contributed by atoms with E-state index in [1.165, 1.54) is 30.6 Å². The zero-order chi connectivity index (χ0) is 17.8. The maximum absolute atomic E-state index is 13.7. The number of hydrogen-bond donors (Lipinski definition) is 3. The van der Waals surface area contributed by atoms with Gasteiger partial charge in [0.15, 0.2) is 5.82 Å². The van der Waals surface area contributed by atoms with Gasteiger partial charge in [-0.15, -0.1) is 0 Å². The van der Waals surface area contributed by atoms with Gasteiger partial charge >= 0.3 is 5.97 Å². The number of hydrogen-bond acceptors (Lipinski definition) is 5. The number of rotatable bonds is 7. The second-order valence-electron chi connectivity index (χ2n) is 5.52. The second kappa shape index (κ2) is 7.27. The number of carboxylic acid groups (broad SMARTS) is 1. The molecule has 0 spiro atoms. The summed E-state index contributed by atoms with van der Waals surface area (Å²) in [6.07, 6.45) is 4.13. The van der Waals surface area contributed by atoms with E-state index in [9.17, 15) is 14.3 Å². The molecule has 0 aliphatic heterocycles. The minimum absolute atomic E-state index is 0.0504. The highest BCUT2D eigenvalue weighted by Crippen LogP contribution is 2.28. The van der Waals surface area contributed by atoms with Crippen LogP contribution in [0, 0.1) is 5.82 Å². The van der Waals surface area contributed by atoms with Crippen LogP contribution in [0.25, 0.3) is 10.9 Å². The lowest BCUT2D eigenvalue weighted by Crippen LogP contribution is -2.05. The van der Waals surface area contributed by atoms with Crippen molar-refractivity contribution < 1.29 is 19.4 Å². The summed E-state index contributed by atoms with van der Waals surface area (Å²) in [7, 11) is 0. The molecule has 0 saturated carbocycles. The number of aromatic carboxylic acids is 1. The highest BCUT2D eigenvalue weighted by Gasteiger charge is 2.15. The van der Waals surface area contributed by atoms with Gasteiger partial charge < -0.3 is 15.5 Å². The molecule has 8 heteroatoms. The fourth-order valence-corrected chi connectivity index (χ4v) is 2.60. The number of aromatic nitrogens is 3. The van der Waals surface area contributed by atoms with Crippen LogP contribution >= 0.6 is 0 Å². The molecule has 0 fully saturated rings. The highest BCUT2D eigenvalue weighted by molar-refractivity contribution is 5.97. The summed E-state index contributed by atoms with van der Waals surface area (Å²) < 4.78 is 15.4. The first-order valence-corrected chi connectivity index (χ1v) is 7.81. The number of unbranched alkanes of at least 4 members (excludes halogenated alkanes) is 1. The number of fused-ring (bicyclic) bond motifs is 1. The largest absolute Gasteiger partial charge is 0.478 e. The van der Waals surface area contributed by atoms with Gasteiger partial charge in [-0.1, -0.05) is 0 Å². The number of pyridine rings is 1. The summed E-state index contributed by atoms with van der Waals surface area (Å²) in [5, 5.41) is 26.1. The molecular formula is C17H17FN4O3. The lowest BCUT2D eigenvalue weighted by atomic mass is 10.2. The van der Waals surface area contributed by atoms with E-state index in [1.807, 2.05) is 0 Å². The summed E-state index contributed by atoms with van der Waals surface area (Å²) in [6.45, 7) is 0.653. The third kappa shape index (κ3) is 3.58. The molecule has 0 bridgehead atoms. The number of carboxylic acids is 1. The second-order valence-corrected chi connectivity index (χ2v) is 5.52. The van der Waals surface area contributed by atoms with Crippen LogP contribution in [0.4, 0.5) is 15.9 Å². The van der Waals surface area contributed by atoms with E-state index >= 15 is 0 Å². The van der Waals surface area contributed by atoms with Crippen LogP contribution in [-0.2, 0) is 6.54 Å². The maximum Gasteiger partial charge on any atom is 0.337 e. The summed E-state index contributed by atoms with van der Waals surface area (Å²) >= 11 is 0. The number of aryl methyl sites for hydroxylation is 1. The average Bonchev–Trinajstić information content (AvgIpc) is 2.92. The molecular weight excluding hydrogens is 327 g/mol. The predicted molar refractivity (Wildman–Crippen MR) is 90.5 cm³/mol. The summed E-state index contributed by atoms with van der Waals surface area (Å²) in [4.78, 5) is 15.3. The first-order chi connectivity index (χ1) is 12.1. The van der Waals surface area contributed by atoms with Gasteiger partial charge in [0.05, 0.1) is 23.0 Å². The molecule has 3 N–H and O–H groups in total. The molecule has 2 aromatic heterocycles. The van der Waals surface area contributed by atoms with Crippen molar-refractivity contribution in [2.75, 3.05) is 11.9 Å². The molecule has 2 heterocycles. The Morgan fingerprint density at radius 3 is 2.88 bits per heavy atom. The van der Waals surface area contributed by atoms with Gasteiger partial charge in [0.25, 0.3) is 0 Å². The SMILES string of the molecule is O=C(O)c1ccncc1Nc1nn(CCCCO)c2ccc(F)cc12. The van der Waals surface area contributed by atoms with E-state index in [0.717, 1.165) is 11.9 Å². The Hall–Kier alpha value is -3.00. The van der Waals surface area contributed by atoms with E-state index in [4.69, 9.17) is 5.11 Å². The molecule has 25 heavy (non-hydrogen) atoms. The monoisotopic (exact) mass is 344 g/mol. The summed E-state index contributed by atoms with van der Waals surface area (Å²) in [6, 6.07) is 5.71. The van der Waals surface area contributed by atoms with Gasteiger partial charge in [0.1, 0.15) is 5.82 Å². The summed E-state index contributed by atoms with van der Waals surface area (Å²) in [5.41, 5.74) is 1.05. The number of nitrogens with zero attached hydrogens (tertiary/aromatic N) is 3. The Labute approximate surface area is 142 Å². The number of halogens is 1. The van der Waals surface area contributed by atoms with Crippen LogP contribution < -0.4 is 5.32 Å². The van der Waals surface area contributed by atoms with Gasteiger partial charge in [-0.25, -0.2) is 9.18 Å². The third-order valence-corrected chi connectivity index (χ3v) is 3.80. The molecule has 0 aliphatic rings. The average molecular weight is 344 g/mol. The minimum atomic E-state index is -1.09. The maximum atomic E-state index is 13.7. The highest BCUT2D eigenvalue weighted by atomic mass is 19.1. The fraction of sp³-hybridized carbons (Fsp3) is 0.235. The summed E-state index contributed by atoms with van der Waals surface area (Å²) in [5.74, 6) is -1.15. The standard InChI is InChI=1S/C17H17FN4O3/c18-11-3-4-15-13(9-11)16(21-22(15)7-1-2-8-23)20-14-10-19-6-5-12(14)17(24)25/h3-6,9-10,23H,1-2,7-8H2,(H,20,21)(H,24,25). The molecule has 0 aliphatic carbocycles. The molecule has 0 amide bonds. The molecule has 0 radical (unpaired) electrons. The minimum Gasteiger partial charge on any atom is -0.478 e. The Morgan fingerprint density at radius 1 is 1.28 bits per heavy atom. The zero-order valence-corrected chi connectivity index (χ0v) is 13.3. The first-order valence-electron chi connectivity index (χ1n) is 7.81. The smallest absolute Gasteiger partial charge is 0.337 e. The van der Waals surface area contributed by atoms with E-state index in [1.54, 1.807) is 10.7 Å². The van der Waals surface area contributed by atoms with Gasteiger partial charge in [-0.3, -0.25) is 9.67 Å². The fourth-order valence-electron chi connectivity index (χ4n) is 2.60. The lowest BCUT2D eigenvalue weighted by Gasteiger charge is -2.06. The van der Waals surface area contributed by atoms with Crippen LogP contribution in [0.15, 0.2) is 36.7 Å². The van der Waals surface area contributed by atoms with E-state index in [2.05, 4.69) is 15.4 Å². The Kier molecular flexibility index (Phi) is 4.90. The molecule has 7 nitrogen and oxygen atoms in total. The van der Waals surface area contributed by atoms with E-state index < -0.39 is 11.8 Å². The quantitative estimate of drug-likeness (QED) is 0.570. The van der Waals surface area contributed by atoms with Crippen LogP contribution in [0.3, 0.4) is 0 Å². The number of carbonyl (C=O) groups is 1. The number of anilines is 2. The number of benzene rings is 1. The molecule has 3 aromatic rings. The van der Waals surface area contributed by atoms with Crippen molar-refractivity contribution in [3.8, 4) is 0 Å². The zero-order valence-electron chi connectivity index (χ0n) is 13.3. The predicted octanol–water partition coefficient (Wildman–Crippen LogP) is 2.78. The normalized spacial score (nSPS) is 11.0. The first kappa shape index (κ1) is 16.8. The van der Waals surface area contributed by atoms with Crippen molar-refractivity contribution in [3.05, 3.63) is 48.0 Å². The number of aliphatic hydroxyl groups excluding tert-OH is 1. The molecule has 0 unspecified atom stereocenters. The van der Waals surface area contributed by atoms with Crippen LogP contribution in [0.5, 0.6) is 0 Å². The Bertz CT molecular complexity index is 910. The lowest BCUT2D eigenvalue weighted by molar-refractivity contribution is 0.0698. The van der Waals surface area contributed by atoms with Crippen molar-refractivity contribution in [1.82, 2.24) is 14.8 Å². The van der Waals surface area contributed by atoms with Crippen molar-refractivity contribution in [2.24, 2.45) is 0 Å². The molecule has 3 rings (SSSR count). The third-order valence-electron chi connectivity index (χ3n) is 3.80. The van der Waals surface area contributed by atoms with Gasteiger partial charge in [0, 0.05) is 24.7 Å². The molecule has 0 atom stereocenters. The van der Waals surface area contributed by atoms with E-state index in [0.29, 0.717) is 24.2 Å². The molecule has 130 valence electrons. The number of aliphatic hydroxyl groups is 1. The molecule has 0 saturated heterocycles. The van der Waals surface area contributed by atoms with Gasteiger partial charge in [-0.2, -0.15) is 5.10 Å². The van der Waals surface area contributed by atoms with Crippen molar-refractivity contribution in [3.63, 3.8) is 0 Å². The van der Waals surface area contributed by atoms with Gasteiger partial charge in [-0.05, 0) is 37.1 Å². The van der Waals surface area contributed by atoms with Crippen LogP contribution in [0.2, 0.25) is 0 Å².